The molecule has 0 spiro atoms. The Kier molecular flexibility index (Phi) is 2.46. The minimum absolute atomic E-state index is 0.392. The van der Waals surface area contributed by atoms with E-state index in [2.05, 4.69) is 24.9 Å². The Labute approximate surface area is 85.2 Å². The molecule has 0 heterocycles. The monoisotopic (exact) mass is 191 g/mol. The number of hydrogen-bond acceptors (Lipinski definition) is 2. The van der Waals surface area contributed by atoms with Crippen molar-refractivity contribution in [1.82, 2.24) is 4.90 Å². The van der Waals surface area contributed by atoms with Crippen LogP contribution in [0.15, 0.2) is 18.2 Å². The molecule has 0 saturated carbocycles. The van der Waals surface area contributed by atoms with Gasteiger partial charge in [-0.2, -0.15) is 0 Å². The third-order valence-electron chi connectivity index (χ3n) is 3.20. The Bertz CT molecular complexity index is 335. The third-order valence-corrected chi connectivity index (χ3v) is 3.20. The fourth-order valence-corrected chi connectivity index (χ4v) is 2.26. The van der Waals surface area contributed by atoms with Crippen LogP contribution in [0.5, 0.6) is 5.75 Å². The van der Waals surface area contributed by atoms with Gasteiger partial charge in [-0.3, -0.25) is 4.90 Å². The van der Waals surface area contributed by atoms with E-state index in [9.17, 15) is 5.11 Å². The number of rotatable bonds is 2. The van der Waals surface area contributed by atoms with Crippen LogP contribution in [0.3, 0.4) is 0 Å². The lowest BCUT2D eigenvalue weighted by molar-refractivity contribution is 0.257. The van der Waals surface area contributed by atoms with Gasteiger partial charge in [0.15, 0.2) is 0 Å². The lowest BCUT2D eigenvalue weighted by atomic mass is 10.1. The quantitative estimate of drug-likeness (QED) is 0.775. The van der Waals surface area contributed by atoms with E-state index < -0.39 is 0 Å². The van der Waals surface area contributed by atoms with Gasteiger partial charge in [-0.15, -0.1) is 0 Å². The van der Waals surface area contributed by atoms with Gasteiger partial charge >= 0.3 is 0 Å². The lowest BCUT2D eigenvalue weighted by Gasteiger charge is -2.23. The molecule has 1 aromatic rings. The van der Waals surface area contributed by atoms with Crippen LogP contribution in [0, 0.1) is 0 Å². The van der Waals surface area contributed by atoms with Crippen molar-refractivity contribution in [3.05, 3.63) is 29.3 Å². The van der Waals surface area contributed by atoms with E-state index in [0.29, 0.717) is 11.8 Å². The summed E-state index contributed by atoms with van der Waals surface area (Å²) in [7, 11) is 2.16. The fraction of sp³-hybridized carbons (Fsp3) is 0.500. The highest BCUT2D eigenvalue weighted by molar-refractivity contribution is 5.40. The minimum Gasteiger partial charge on any atom is -0.508 e. The van der Waals surface area contributed by atoms with Crippen molar-refractivity contribution in [2.45, 2.75) is 25.8 Å². The van der Waals surface area contributed by atoms with Gasteiger partial charge in [0.1, 0.15) is 5.75 Å². The highest BCUT2D eigenvalue weighted by atomic mass is 16.3. The van der Waals surface area contributed by atoms with Gasteiger partial charge in [-0.05, 0) is 49.7 Å². The second kappa shape index (κ2) is 3.62. The first-order valence-electron chi connectivity index (χ1n) is 5.24. The van der Waals surface area contributed by atoms with Crippen LogP contribution in [0.25, 0.3) is 0 Å². The van der Waals surface area contributed by atoms with Crippen LogP contribution in [0.2, 0.25) is 0 Å². The number of phenolic OH excluding ortho intramolecular Hbond substituents is 1. The van der Waals surface area contributed by atoms with Gasteiger partial charge in [0.25, 0.3) is 0 Å². The highest BCUT2D eigenvalue weighted by Crippen LogP contribution is 2.36. The van der Waals surface area contributed by atoms with Gasteiger partial charge in [0.2, 0.25) is 0 Å². The van der Waals surface area contributed by atoms with Crippen LogP contribution in [0.4, 0.5) is 0 Å². The van der Waals surface area contributed by atoms with Gasteiger partial charge in [-0.25, -0.2) is 0 Å². The normalized spacial score (nSPS) is 20.1. The zero-order valence-electron chi connectivity index (χ0n) is 8.83. The molecule has 2 nitrogen and oxygen atoms in total. The number of fused-ring (bicyclic) bond motifs is 1. The van der Waals surface area contributed by atoms with Crippen molar-refractivity contribution in [3.8, 4) is 5.75 Å². The molecule has 0 aromatic heterocycles. The lowest BCUT2D eigenvalue weighted by Crippen LogP contribution is -2.22. The Hall–Kier alpha value is -1.02. The zero-order valence-corrected chi connectivity index (χ0v) is 8.83. The van der Waals surface area contributed by atoms with Crippen molar-refractivity contribution in [2.75, 3.05) is 13.6 Å². The molecule has 0 aliphatic heterocycles. The van der Waals surface area contributed by atoms with Crippen molar-refractivity contribution in [3.63, 3.8) is 0 Å². The molecular formula is C12H17NO. The molecule has 1 atom stereocenters. The van der Waals surface area contributed by atoms with Crippen LogP contribution in [0.1, 0.15) is 30.5 Å². The maximum Gasteiger partial charge on any atom is 0.115 e. The predicted octanol–water partition coefficient (Wildman–Crippen LogP) is 2.33. The van der Waals surface area contributed by atoms with Crippen LogP contribution >= 0.6 is 0 Å². The van der Waals surface area contributed by atoms with E-state index in [1.165, 1.54) is 17.5 Å². The predicted molar refractivity (Wildman–Crippen MR) is 57.5 cm³/mol. The molecule has 1 aliphatic rings. The van der Waals surface area contributed by atoms with Crippen LogP contribution in [-0.2, 0) is 6.42 Å². The molecule has 0 saturated heterocycles. The molecule has 76 valence electrons. The Morgan fingerprint density at radius 3 is 3.00 bits per heavy atom. The second-order valence-electron chi connectivity index (χ2n) is 4.01. The molecular weight excluding hydrogens is 174 g/mol. The summed E-state index contributed by atoms with van der Waals surface area (Å²) in [4.78, 5) is 2.36. The van der Waals surface area contributed by atoms with Crippen molar-refractivity contribution in [1.29, 1.82) is 0 Å². The molecule has 2 heteroatoms. The van der Waals surface area contributed by atoms with E-state index in [1.54, 1.807) is 6.07 Å². The van der Waals surface area contributed by atoms with Crippen molar-refractivity contribution < 1.29 is 5.11 Å². The first-order chi connectivity index (χ1) is 6.72. The number of aromatic hydroxyl groups is 1. The van der Waals surface area contributed by atoms with Crippen molar-refractivity contribution >= 4 is 0 Å². The molecule has 1 N–H and O–H groups in total. The maximum absolute atomic E-state index is 9.36. The largest absolute Gasteiger partial charge is 0.508 e. The zero-order chi connectivity index (χ0) is 10.1. The number of benzene rings is 1. The van der Waals surface area contributed by atoms with E-state index in [4.69, 9.17) is 0 Å². The van der Waals surface area contributed by atoms with Crippen LogP contribution < -0.4 is 0 Å². The number of nitrogens with zero attached hydrogens (tertiary/aromatic N) is 1. The number of phenols is 1. The average Bonchev–Trinajstić information content (AvgIpc) is 2.59. The first-order valence-corrected chi connectivity index (χ1v) is 5.24. The smallest absolute Gasteiger partial charge is 0.115 e. The molecule has 1 aromatic carbocycles. The van der Waals surface area contributed by atoms with Gasteiger partial charge in [0.05, 0.1) is 0 Å². The maximum atomic E-state index is 9.36. The molecule has 1 unspecified atom stereocenters. The summed E-state index contributed by atoms with van der Waals surface area (Å²) >= 11 is 0. The summed E-state index contributed by atoms with van der Waals surface area (Å²) < 4.78 is 0. The summed E-state index contributed by atoms with van der Waals surface area (Å²) in [5.74, 6) is 0.392. The standard InChI is InChI=1S/C12H17NO/c1-3-13(2)12-7-4-9-8-10(14)5-6-11(9)12/h5-6,8,12,14H,3-4,7H2,1-2H3. The van der Waals surface area contributed by atoms with Gasteiger partial charge < -0.3 is 5.11 Å². The van der Waals surface area contributed by atoms with Crippen LogP contribution in [-0.4, -0.2) is 23.6 Å². The summed E-state index contributed by atoms with van der Waals surface area (Å²) in [6.07, 6.45) is 2.28. The summed E-state index contributed by atoms with van der Waals surface area (Å²) in [6.45, 7) is 3.25. The Balaban J connectivity index is 2.31. The van der Waals surface area contributed by atoms with Crippen molar-refractivity contribution in [2.24, 2.45) is 0 Å². The summed E-state index contributed by atoms with van der Waals surface area (Å²) in [5.41, 5.74) is 2.71. The van der Waals surface area contributed by atoms with E-state index in [-0.39, 0.29) is 0 Å². The van der Waals surface area contributed by atoms with E-state index in [1.807, 2.05) is 6.07 Å². The molecule has 0 bridgehead atoms. The minimum atomic E-state index is 0.392. The number of aryl methyl sites for hydroxylation is 1. The van der Waals surface area contributed by atoms with Gasteiger partial charge in [-0.1, -0.05) is 13.0 Å². The Morgan fingerprint density at radius 2 is 2.29 bits per heavy atom. The first kappa shape index (κ1) is 9.53. The molecule has 0 fully saturated rings. The third kappa shape index (κ3) is 1.50. The number of hydrogen-bond donors (Lipinski definition) is 1. The topological polar surface area (TPSA) is 23.5 Å². The second-order valence-corrected chi connectivity index (χ2v) is 4.01. The molecule has 1 aliphatic carbocycles. The highest BCUT2D eigenvalue weighted by Gasteiger charge is 2.24. The summed E-state index contributed by atoms with van der Waals surface area (Å²) in [6, 6.07) is 6.31. The van der Waals surface area contributed by atoms with E-state index >= 15 is 0 Å². The molecule has 2 rings (SSSR count). The average molecular weight is 191 g/mol. The molecule has 0 amide bonds. The molecule has 14 heavy (non-hydrogen) atoms. The van der Waals surface area contributed by atoms with Gasteiger partial charge in [0, 0.05) is 6.04 Å². The fourth-order valence-electron chi connectivity index (χ4n) is 2.26. The Morgan fingerprint density at radius 1 is 1.50 bits per heavy atom. The molecule has 0 radical (unpaired) electrons. The SMILES string of the molecule is CCN(C)C1CCc2cc(O)ccc21. The van der Waals surface area contributed by atoms with E-state index in [0.717, 1.165) is 13.0 Å². The summed E-state index contributed by atoms with van der Waals surface area (Å²) in [5, 5.41) is 9.36.